The SMILES string of the molecule is CCNC(=O)OCC1(NC(C)C)CCCCC1. The maximum atomic E-state index is 11.4. The van der Waals surface area contributed by atoms with Crippen molar-refractivity contribution in [2.45, 2.75) is 64.5 Å². The fourth-order valence-corrected chi connectivity index (χ4v) is 2.57. The van der Waals surface area contributed by atoms with Gasteiger partial charge in [-0.1, -0.05) is 33.1 Å². The van der Waals surface area contributed by atoms with Gasteiger partial charge < -0.3 is 15.4 Å². The van der Waals surface area contributed by atoms with Gasteiger partial charge in [0.25, 0.3) is 0 Å². The third kappa shape index (κ3) is 4.94. The van der Waals surface area contributed by atoms with Crippen LogP contribution in [-0.4, -0.2) is 30.8 Å². The van der Waals surface area contributed by atoms with Crippen LogP contribution in [0.15, 0.2) is 0 Å². The number of carbonyl (C=O) groups excluding carboxylic acids is 1. The minimum atomic E-state index is -0.303. The topological polar surface area (TPSA) is 50.4 Å². The molecule has 0 atom stereocenters. The van der Waals surface area contributed by atoms with E-state index in [0.717, 1.165) is 12.8 Å². The number of hydrogen-bond donors (Lipinski definition) is 2. The molecule has 2 N–H and O–H groups in total. The van der Waals surface area contributed by atoms with Gasteiger partial charge in [0.05, 0.1) is 5.54 Å². The summed E-state index contributed by atoms with van der Waals surface area (Å²) in [5, 5.41) is 6.25. The van der Waals surface area contributed by atoms with Crippen LogP contribution in [0.4, 0.5) is 4.79 Å². The first-order valence-electron chi connectivity index (χ1n) is 6.76. The molecule has 0 heterocycles. The molecule has 0 aromatic carbocycles. The zero-order valence-electron chi connectivity index (χ0n) is 11.3. The Morgan fingerprint density at radius 2 is 1.94 bits per heavy atom. The fraction of sp³-hybridized carbons (Fsp3) is 0.923. The van der Waals surface area contributed by atoms with Gasteiger partial charge in [0.15, 0.2) is 0 Å². The molecule has 1 aliphatic rings. The summed E-state index contributed by atoms with van der Waals surface area (Å²) in [4.78, 5) is 11.4. The molecule has 17 heavy (non-hydrogen) atoms. The van der Waals surface area contributed by atoms with Crippen molar-refractivity contribution in [2.24, 2.45) is 0 Å². The number of ether oxygens (including phenoxy) is 1. The zero-order valence-corrected chi connectivity index (χ0v) is 11.3. The molecular formula is C13H26N2O2. The summed E-state index contributed by atoms with van der Waals surface area (Å²) in [5.41, 5.74) is -0.00248. The Morgan fingerprint density at radius 1 is 1.29 bits per heavy atom. The van der Waals surface area contributed by atoms with E-state index in [2.05, 4.69) is 24.5 Å². The maximum Gasteiger partial charge on any atom is 0.407 e. The molecule has 1 fully saturated rings. The quantitative estimate of drug-likeness (QED) is 0.778. The van der Waals surface area contributed by atoms with E-state index in [-0.39, 0.29) is 11.6 Å². The van der Waals surface area contributed by atoms with Crippen molar-refractivity contribution in [3.63, 3.8) is 0 Å². The van der Waals surface area contributed by atoms with Crippen LogP contribution in [0.3, 0.4) is 0 Å². The average Bonchev–Trinajstić information content (AvgIpc) is 2.27. The van der Waals surface area contributed by atoms with Crippen molar-refractivity contribution < 1.29 is 9.53 Å². The smallest absolute Gasteiger partial charge is 0.407 e. The second-order valence-electron chi connectivity index (χ2n) is 5.25. The molecule has 1 amide bonds. The molecule has 1 saturated carbocycles. The lowest BCUT2D eigenvalue weighted by atomic mass is 9.82. The first-order chi connectivity index (χ1) is 8.08. The molecule has 0 unspecified atom stereocenters. The normalized spacial score (nSPS) is 19.1. The largest absolute Gasteiger partial charge is 0.448 e. The van der Waals surface area contributed by atoms with E-state index in [4.69, 9.17) is 4.74 Å². The summed E-state index contributed by atoms with van der Waals surface area (Å²) < 4.78 is 5.31. The van der Waals surface area contributed by atoms with Crippen LogP contribution >= 0.6 is 0 Å². The lowest BCUT2D eigenvalue weighted by molar-refractivity contribution is 0.0782. The lowest BCUT2D eigenvalue weighted by Crippen LogP contribution is -2.54. The Labute approximate surface area is 104 Å². The summed E-state index contributed by atoms with van der Waals surface area (Å²) in [6.07, 6.45) is 5.64. The van der Waals surface area contributed by atoms with Crippen molar-refractivity contribution in [3.8, 4) is 0 Å². The van der Waals surface area contributed by atoms with E-state index in [0.29, 0.717) is 19.2 Å². The summed E-state index contributed by atoms with van der Waals surface area (Å²) in [7, 11) is 0. The number of amides is 1. The fourth-order valence-electron chi connectivity index (χ4n) is 2.57. The molecule has 100 valence electrons. The van der Waals surface area contributed by atoms with Crippen LogP contribution < -0.4 is 10.6 Å². The van der Waals surface area contributed by atoms with Gasteiger partial charge in [-0.15, -0.1) is 0 Å². The van der Waals surface area contributed by atoms with Gasteiger partial charge in [-0.3, -0.25) is 0 Å². The summed E-state index contributed by atoms with van der Waals surface area (Å²) in [6, 6.07) is 0.422. The van der Waals surface area contributed by atoms with E-state index in [9.17, 15) is 4.79 Å². The van der Waals surface area contributed by atoms with Crippen LogP contribution in [0.5, 0.6) is 0 Å². The number of rotatable bonds is 5. The van der Waals surface area contributed by atoms with Crippen molar-refractivity contribution in [2.75, 3.05) is 13.2 Å². The Balaban J connectivity index is 2.48. The summed E-state index contributed by atoms with van der Waals surface area (Å²) in [6.45, 7) is 7.27. The molecule has 1 rings (SSSR count). The van der Waals surface area contributed by atoms with Gasteiger partial charge in [0, 0.05) is 12.6 Å². The van der Waals surface area contributed by atoms with Crippen LogP contribution in [0.25, 0.3) is 0 Å². The zero-order chi connectivity index (χ0) is 12.7. The second-order valence-corrected chi connectivity index (χ2v) is 5.25. The minimum absolute atomic E-state index is 0.00248. The highest BCUT2D eigenvalue weighted by Gasteiger charge is 2.33. The van der Waals surface area contributed by atoms with Gasteiger partial charge in [-0.25, -0.2) is 4.79 Å². The highest BCUT2D eigenvalue weighted by Crippen LogP contribution is 2.29. The molecular weight excluding hydrogens is 216 g/mol. The molecule has 4 nitrogen and oxygen atoms in total. The van der Waals surface area contributed by atoms with E-state index in [1.165, 1.54) is 19.3 Å². The second kappa shape index (κ2) is 6.84. The van der Waals surface area contributed by atoms with Gasteiger partial charge in [0.2, 0.25) is 0 Å². The molecule has 1 aliphatic carbocycles. The van der Waals surface area contributed by atoms with Crippen LogP contribution in [0, 0.1) is 0 Å². The number of carbonyl (C=O) groups is 1. The van der Waals surface area contributed by atoms with Gasteiger partial charge in [-0.05, 0) is 19.8 Å². The highest BCUT2D eigenvalue weighted by atomic mass is 16.5. The number of hydrogen-bond acceptors (Lipinski definition) is 3. The molecule has 0 saturated heterocycles. The molecule has 0 spiro atoms. The molecule has 0 aliphatic heterocycles. The van der Waals surface area contributed by atoms with Crippen molar-refractivity contribution in [3.05, 3.63) is 0 Å². The van der Waals surface area contributed by atoms with E-state index >= 15 is 0 Å². The molecule has 4 heteroatoms. The average molecular weight is 242 g/mol. The number of alkyl carbamates (subject to hydrolysis) is 1. The lowest BCUT2D eigenvalue weighted by Gasteiger charge is -2.39. The maximum absolute atomic E-state index is 11.4. The van der Waals surface area contributed by atoms with Crippen LogP contribution in [-0.2, 0) is 4.74 Å². The third-order valence-electron chi connectivity index (χ3n) is 3.21. The van der Waals surface area contributed by atoms with Crippen molar-refractivity contribution in [1.29, 1.82) is 0 Å². The minimum Gasteiger partial charge on any atom is -0.448 e. The first kappa shape index (κ1) is 14.3. The molecule has 0 bridgehead atoms. The Morgan fingerprint density at radius 3 is 2.47 bits per heavy atom. The van der Waals surface area contributed by atoms with Gasteiger partial charge in [-0.2, -0.15) is 0 Å². The highest BCUT2D eigenvalue weighted by molar-refractivity contribution is 5.67. The van der Waals surface area contributed by atoms with E-state index in [1.807, 2.05) is 6.92 Å². The third-order valence-corrected chi connectivity index (χ3v) is 3.21. The number of nitrogens with one attached hydrogen (secondary N) is 2. The summed E-state index contributed by atoms with van der Waals surface area (Å²) >= 11 is 0. The van der Waals surface area contributed by atoms with E-state index in [1.54, 1.807) is 0 Å². The van der Waals surface area contributed by atoms with Crippen molar-refractivity contribution >= 4 is 6.09 Å². The Hall–Kier alpha value is -0.770. The Kier molecular flexibility index (Phi) is 5.75. The Bertz CT molecular complexity index is 236. The first-order valence-corrected chi connectivity index (χ1v) is 6.76. The standard InChI is InChI=1S/C13H26N2O2/c1-4-14-12(16)17-10-13(15-11(2)3)8-6-5-7-9-13/h11,15H,4-10H2,1-3H3,(H,14,16). The molecule has 0 radical (unpaired) electrons. The van der Waals surface area contributed by atoms with Gasteiger partial charge in [0.1, 0.15) is 6.61 Å². The predicted octanol–water partition coefficient (Wildman–Crippen LogP) is 2.43. The monoisotopic (exact) mass is 242 g/mol. The predicted molar refractivity (Wildman–Crippen MR) is 69.1 cm³/mol. The molecule has 0 aromatic heterocycles. The summed E-state index contributed by atoms with van der Waals surface area (Å²) in [5.74, 6) is 0. The van der Waals surface area contributed by atoms with Crippen LogP contribution in [0.1, 0.15) is 52.9 Å². The van der Waals surface area contributed by atoms with E-state index < -0.39 is 0 Å². The molecule has 0 aromatic rings. The van der Waals surface area contributed by atoms with Crippen molar-refractivity contribution in [1.82, 2.24) is 10.6 Å². The van der Waals surface area contributed by atoms with Crippen LogP contribution in [0.2, 0.25) is 0 Å². The van der Waals surface area contributed by atoms with Gasteiger partial charge >= 0.3 is 6.09 Å².